The minimum atomic E-state index is -0.260. The minimum absolute atomic E-state index is 0.119. The van der Waals surface area contributed by atoms with E-state index in [4.69, 9.17) is 0 Å². The Morgan fingerprint density at radius 3 is 2.44 bits per heavy atom. The second-order valence-electron chi connectivity index (χ2n) is 7.10. The fraction of sp³-hybridized carbons (Fsp3) is 0.526. The first-order valence-electron chi connectivity index (χ1n) is 9.16. The Hall–Kier alpha value is -2.21. The van der Waals surface area contributed by atoms with Gasteiger partial charge in [0.05, 0.1) is 12.1 Å². The maximum atomic E-state index is 12.9. The minimum Gasteiger partial charge on any atom is -0.354 e. The molecule has 1 N–H and O–H groups in total. The highest BCUT2D eigenvalue weighted by molar-refractivity contribution is 6.04. The van der Waals surface area contributed by atoms with Crippen LogP contribution >= 0.6 is 0 Å². The maximum Gasteiger partial charge on any atom is 0.275 e. The van der Waals surface area contributed by atoms with Gasteiger partial charge < -0.3 is 5.32 Å². The molecule has 1 amide bonds. The normalized spacial score (nSPS) is 18.2. The molecule has 0 unspecified atom stereocenters. The van der Waals surface area contributed by atoms with Crippen LogP contribution in [0.3, 0.4) is 0 Å². The van der Waals surface area contributed by atoms with Crippen molar-refractivity contribution >= 4 is 16.7 Å². The van der Waals surface area contributed by atoms with Crippen molar-refractivity contribution in [3.05, 3.63) is 40.3 Å². The van der Waals surface area contributed by atoms with Crippen molar-refractivity contribution in [2.45, 2.75) is 57.3 Å². The third kappa shape index (κ3) is 3.06. The average molecular weight is 340 g/mol. The first kappa shape index (κ1) is 16.3. The molecule has 1 heterocycles. The first-order valence-corrected chi connectivity index (χ1v) is 9.16. The van der Waals surface area contributed by atoms with Gasteiger partial charge in [-0.1, -0.05) is 31.0 Å². The SMILES string of the molecule is CNC(=O)c1nn(CN(C2CCCC2)C2CC2)c(=O)c2ccccc12. The quantitative estimate of drug-likeness (QED) is 0.905. The molecule has 0 aliphatic heterocycles. The van der Waals surface area contributed by atoms with Gasteiger partial charge in [0.1, 0.15) is 0 Å². The van der Waals surface area contributed by atoms with E-state index in [0.717, 1.165) is 0 Å². The molecule has 0 saturated heterocycles. The van der Waals surface area contributed by atoms with Gasteiger partial charge in [-0.3, -0.25) is 14.5 Å². The molecule has 25 heavy (non-hydrogen) atoms. The Morgan fingerprint density at radius 2 is 1.80 bits per heavy atom. The van der Waals surface area contributed by atoms with E-state index in [-0.39, 0.29) is 11.5 Å². The second-order valence-corrected chi connectivity index (χ2v) is 7.10. The molecule has 132 valence electrons. The number of nitrogens with zero attached hydrogens (tertiary/aromatic N) is 3. The number of fused-ring (bicyclic) bond motifs is 1. The molecule has 2 aliphatic carbocycles. The third-order valence-corrected chi connectivity index (χ3v) is 5.42. The van der Waals surface area contributed by atoms with Gasteiger partial charge in [0.25, 0.3) is 11.5 Å². The maximum absolute atomic E-state index is 12.9. The van der Waals surface area contributed by atoms with Crippen molar-refractivity contribution in [3.63, 3.8) is 0 Å². The predicted octanol–water partition coefficient (Wildman–Crippen LogP) is 2.12. The second kappa shape index (κ2) is 6.59. The van der Waals surface area contributed by atoms with E-state index in [2.05, 4.69) is 15.3 Å². The van der Waals surface area contributed by atoms with E-state index in [9.17, 15) is 9.59 Å². The van der Waals surface area contributed by atoms with Gasteiger partial charge in [0, 0.05) is 24.5 Å². The van der Waals surface area contributed by atoms with Gasteiger partial charge >= 0.3 is 0 Å². The molecule has 2 fully saturated rings. The molecule has 6 nitrogen and oxygen atoms in total. The number of carbonyl (C=O) groups is 1. The first-order chi connectivity index (χ1) is 12.2. The van der Waals surface area contributed by atoms with Crippen molar-refractivity contribution in [2.75, 3.05) is 7.05 Å². The number of hydrogen-bond donors (Lipinski definition) is 1. The van der Waals surface area contributed by atoms with Gasteiger partial charge in [-0.05, 0) is 31.7 Å². The van der Waals surface area contributed by atoms with Crippen molar-refractivity contribution in [1.29, 1.82) is 0 Å². The lowest BCUT2D eigenvalue weighted by atomic mass is 10.1. The van der Waals surface area contributed by atoms with Crippen molar-refractivity contribution < 1.29 is 4.79 Å². The Morgan fingerprint density at radius 1 is 1.16 bits per heavy atom. The highest BCUT2D eigenvalue weighted by Crippen LogP contribution is 2.34. The number of nitrogens with one attached hydrogen (secondary N) is 1. The smallest absolute Gasteiger partial charge is 0.275 e. The standard InChI is InChI=1S/C19H24N4O2/c1-20-18(24)17-15-8-4-5-9-16(15)19(25)23(21-17)12-22(14-10-11-14)13-6-2-3-7-13/h4-5,8-9,13-14H,2-3,6-7,10-12H2,1H3,(H,20,24). The summed E-state index contributed by atoms with van der Waals surface area (Å²) in [5.41, 5.74) is 0.201. The van der Waals surface area contributed by atoms with E-state index in [1.54, 1.807) is 19.2 Å². The van der Waals surface area contributed by atoms with E-state index >= 15 is 0 Å². The van der Waals surface area contributed by atoms with Crippen molar-refractivity contribution in [1.82, 2.24) is 20.0 Å². The van der Waals surface area contributed by atoms with E-state index in [1.165, 1.54) is 43.2 Å². The molecule has 0 atom stereocenters. The summed E-state index contributed by atoms with van der Waals surface area (Å²) >= 11 is 0. The zero-order chi connectivity index (χ0) is 17.4. The zero-order valence-electron chi connectivity index (χ0n) is 14.6. The summed E-state index contributed by atoms with van der Waals surface area (Å²) in [6.45, 7) is 0.475. The molecule has 0 bridgehead atoms. The lowest BCUT2D eigenvalue weighted by Crippen LogP contribution is -2.41. The van der Waals surface area contributed by atoms with Gasteiger partial charge in [-0.15, -0.1) is 0 Å². The van der Waals surface area contributed by atoms with Gasteiger partial charge in [0.15, 0.2) is 5.69 Å². The van der Waals surface area contributed by atoms with Crippen LogP contribution in [0.5, 0.6) is 0 Å². The molecular formula is C19H24N4O2. The summed E-state index contributed by atoms with van der Waals surface area (Å²) in [4.78, 5) is 27.6. The highest BCUT2D eigenvalue weighted by atomic mass is 16.2. The summed E-state index contributed by atoms with van der Waals surface area (Å²) in [6.07, 6.45) is 7.30. The molecule has 0 spiro atoms. The van der Waals surface area contributed by atoms with Crippen LogP contribution in [0.4, 0.5) is 0 Å². The summed E-state index contributed by atoms with van der Waals surface area (Å²) in [7, 11) is 1.59. The lowest BCUT2D eigenvalue weighted by molar-refractivity contribution is 0.0952. The summed E-state index contributed by atoms with van der Waals surface area (Å²) < 4.78 is 1.49. The van der Waals surface area contributed by atoms with Crippen molar-refractivity contribution in [3.8, 4) is 0 Å². The van der Waals surface area contributed by atoms with Crippen LogP contribution in [0.15, 0.2) is 29.1 Å². The topological polar surface area (TPSA) is 67.2 Å². The molecule has 6 heteroatoms. The molecule has 2 aliphatic rings. The predicted molar refractivity (Wildman–Crippen MR) is 96.5 cm³/mol. The van der Waals surface area contributed by atoms with Crippen LogP contribution in [0.25, 0.3) is 10.8 Å². The van der Waals surface area contributed by atoms with Gasteiger partial charge in [0.2, 0.25) is 0 Å². The fourth-order valence-electron chi connectivity index (χ4n) is 3.94. The van der Waals surface area contributed by atoms with Crippen LogP contribution in [0.2, 0.25) is 0 Å². The Kier molecular flexibility index (Phi) is 4.29. The molecule has 1 aromatic carbocycles. The molecule has 1 aromatic heterocycles. The largest absolute Gasteiger partial charge is 0.354 e. The number of aromatic nitrogens is 2. The summed E-state index contributed by atoms with van der Waals surface area (Å²) in [5, 5.41) is 8.24. The molecule has 2 saturated carbocycles. The monoisotopic (exact) mass is 340 g/mol. The van der Waals surface area contributed by atoms with Crippen LogP contribution in [-0.4, -0.2) is 39.7 Å². The van der Waals surface area contributed by atoms with Crippen LogP contribution < -0.4 is 10.9 Å². The van der Waals surface area contributed by atoms with Gasteiger partial charge in [-0.25, -0.2) is 4.68 Å². The lowest BCUT2D eigenvalue weighted by Gasteiger charge is -2.29. The van der Waals surface area contributed by atoms with Crippen LogP contribution in [-0.2, 0) is 6.67 Å². The summed E-state index contributed by atoms with van der Waals surface area (Å²) in [6, 6.07) is 8.32. The highest BCUT2D eigenvalue weighted by Gasteiger charge is 2.35. The molecule has 0 radical (unpaired) electrons. The fourth-order valence-corrected chi connectivity index (χ4v) is 3.94. The van der Waals surface area contributed by atoms with E-state index in [0.29, 0.717) is 35.2 Å². The van der Waals surface area contributed by atoms with E-state index in [1.807, 2.05) is 12.1 Å². The molecule has 2 aromatic rings. The van der Waals surface area contributed by atoms with Crippen molar-refractivity contribution in [2.24, 2.45) is 0 Å². The van der Waals surface area contributed by atoms with Gasteiger partial charge in [-0.2, -0.15) is 5.10 Å². The summed E-state index contributed by atoms with van der Waals surface area (Å²) in [5.74, 6) is -0.260. The third-order valence-electron chi connectivity index (χ3n) is 5.42. The molecule has 4 rings (SSSR count). The Bertz CT molecular complexity index is 850. The Balaban J connectivity index is 1.77. The number of carbonyl (C=O) groups excluding carboxylic acids is 1. The molecular weight excluding hydrogens is 316 g/mol. The van der Waals surface area contributed by atoms with Crippen LogP contribution in [0, 0.1) is 0 Å². The van der Waals surface area contributed by atoms with Crippen LogP contribution in [0.1, 0.15) is 49.0 Å². The average Bonchev–Trinajstić information content (AvgIpc) is 3.34. The number of amides is 1. The Labute approximate surface area is 146 Å². The number of benzene rings is 1. The zero-order valence-corrected chi connectivity index (χ0v) is 14.6. The number of rotatable bonds is 5. The number of hydrogen-bond acceptors (Lipinski definition) is 4. The van der Waals surface area contributed by atoms with E-state index < -0.39 is 0 Å².